The molecule has 3 heterocycles. The minimum atomic E-state index is -0.959. The van der Waals surface area contributed by atoms with Gasteiger partial charge in [-0.2, -0.15) is 9.97 Å². The number of carboxylic acids is 1. The zero-order valence-corrected chi connectivity index (χ0v) is 11.8. The van der Waals surface area contributed by atoms with Gasteiger partial charge in [0, 0.05) is 12.2 Å². The number of fused-ring (bicyclic) bond motifs is 1. The van der Waals surface area contributed by atoms with Crippen LogP contribution in [0.1, 0.15) is 28.2 Å². The molecule has 2 aromatic heterocycles. The second kappa shape index (κ2) is 5.55. The van der Waals surface area contributed by atoms with E-state index in [2.05, 4.69) is 20.3 Å². The highest BCUT2D eigenvalue weighted by atomic mass is 16.4. The molecule has 0 radical (unpaired) electrons. The van der Waals surface area contributed by atoms with Crippen molar-refractivity contribution >= 4 is 17.7 Å². The Balaban J connectivity index is 1.64. The van der Waals surface area contributed by atoms with Crippen molar-refractivity contribution in [3.8, 4) is 5.88 Å². The summed E-state index contributed by atoms with van der Waals surface area (Å²) in [5.41, 5.74) is 7.28. The predicted molar refractivity (Wildman–Crippen MR) is 79.9 cm³/mol. The van der Waals surface area contributed by atoms with Gasteiger partial charge in [0.1, 0.15) is 11.5 Å². The van der Waals surface area contributed by atoms with E-state index in [0.29, 0.717) is 23.7 Å². The maximum absolute atomic E-state index is 10.8. The van der Waals surface area contributed by atoms with Gasteiger partial charge in [-0.1, -0.05) is 0 Å². The molecule has 1 atom stereocenters. The summed E-state index contributed by atoms with van der Waals surface area (Å²) >= 11 is 0. The number of nitrogens with one attached hydrogen (secondary N) is 2. The highest BCUT2D eigenvalue weighted by molar-refractivity contribution is 5.85. The first-order valence-electron chi connectivity index (χ1n) is 7.03. The number of aromatic amines is 1. The highest BCUT2D eigenvalue weighted by Gasteiger charge is 2.23. The molecule has 1 aliphatic rings. The van der Waals surface area contributed by atoms with Crippen LogP contribution >= 0.6 is 0 Å². The molecule has 0 saturated heterocycles. The molecule has 0 bridgehead atoms. The monoisotopic (exact) mass is 303 g/mol. The third-order valence-corrected chi connectivity index (χ3v) is 3.85. The largest absolute Gasteiger partial charge is 0.493 e. The first kappa shape index (κ1) is 14.2. The van der Waals surface area contributed by atoms with E-state index in [1.54, 1.807) is 12.1 Å². The van der Waals surface area contributed by atoms with Crippen LogP contribution in [0.25, 0.3) is 0 Å². The summed E-state index contributed by atoms with van der Waals surface area (Å²) in [5, 5.41) is 21.9. The Bertz CT molecular complexity index is 712. The number of nitrogens with two attached hydrogens (primary N) is 1. The highest BCUT2D eigenvalue weighted by Crippen LogP contribution is 2.31. The maximum Gasteiger partial charge on any atom is 0.352 e. The first-order chi connectivity index (χ1) is 10.5. The van der Waals surface area contributed by atoms with E-state index in [4.69, 9.17) is 10.8 Å². The van der Waals surface area contributed by atoms with Gasteiger partial charge in [-0.05, 0) is 37.3 Å². The standard InChI is InChI=1S/C14H17N5O3/c15-14-18-11-9(12(20)19-14)5-7(6-16-11)1-2-8-3-4-10(17-8)13(21)22/h3-4,7,17H,1-2,5-6H2,(H,21,22)(H4,15,16,18,19,20). The van der Waals surface area contributed by atoms with Crippen molar-refractivity contribution in [3.63, 3.8) is 0 Å². The number of rotatable bonds is 4. The first-order valence-corrected chi connectivity index (χ1v) is 7.03. The number of aryl methyl sites for hydroxylation is 1. The quantitative estimate of drug-likeness (QED) is 0.568. The molecule has 8 nitrogen and oxygen atoms in total. The van der Waals surface area contributed by atoms with Crippen LogP contribution in [0.5, 0.6) is 5.88 Å². The fourth-order valence-electron chi connectivity index (χ4n) is 2.70. The number of aromatic carboxylic acids is 1. The Morgan fingerprint density at radius 2 is 2.23 bits per heavy atom. The number of carbonyl (C=O) groups is 1. The van der Waals surface area contributed by atoms with Crippen LogP contribution in [0.2, 0.25) is 0 Å². The van der Waals surface area contributed by atoms with Crippen LogP contribution in [0.3, 0.4) is 0 Å². The summed E-state index contributed by atoms with van der Waals surface area (Å²) in [4.78, 5) is 21.6. The lowest BCUT2D eigenvalue weighted by Gasteiger charge is -2.25. The van der Waals surface area contributed by atoms with Gasteiger partial charge < -0.3 is 26.2 Å². The van der Waals surface area contributed by atoms with Crippen molar-refractivity contribution in [1.82, 2.24) is 15.0 Å². The molecule has 3 rings (SSSR count). The number of hydrogen-bond donors (Lipinski definition) is 5. The molecule has 0 aromatic carbocycles. The fourth-order valence-corrected chi connectivity index (χ4v) is 2.70. The third kappa shape index (κ3) is 2.80. The van der Waals surface area contributed by atoms with Crippen LogP contribution in [-0.4, -0.2) is 37.7 Å². The number of H-pyrrole nitrogens is 1. The van der Waals surface area contributed by atoms with E-state index in [9.17, 15) is 9.90 Å². The number of carboxylic acid groups (broad SMARTS) is 1. The van der Waals surface area contributed by atoms with E-state index in [1.165, 1.54) is 0 Å². The van der Waals surface area contributed by atoms with Crippen molar-refractivity contribution in [2.24, 2.45) is 5.92 Å². The van der Waals surface area contributed by atoms with Crippen molar-refractivity contribution < 1.29 is 15.0 Å². The molecule has 0 fully saturated rings. The molecule has 0 saturated carbocycles. The van der Waals surface area contributed by atoms with Gasteiger partial charge in [-0.3, -0.25) is 0 Å². The number of nitrogen functional groups attached to an aromatic ring is 1. The van der Waals surface area contributed by atoms with Crippen LogP contribution < -0.4 is 11.1 Å². The summed E-state index contributed by atoms with van der Waals surface area (Å²) in [7, 11) is 0. The molecular formula is C14H17N5O3. The Hall–Kier alpha value is -2.77. The Kier molecular flexibility index (Phi) is 3.58. The summed E-state index contributed by atoms with van der Waals surface area (Å²) < 4.78 is 0. The normalized spacial score (nSPS) is 16.8. The summed E-state index contributed by atoms with van der Waals surface area (Å²) in [6.45, 7) is 0.732. The smallest absolute Gasteiger partial charge is 0.352 e. The van der Waals surface area contributed by atoms with Crippen LogP contribution in [0, 0.1) is 5.92 Å². The van der Waals surface area contributed by atoms with E-state index in [0.717, 1.165) is 25.1 Å². The van der Waals surface area contributed by atoms with Gasteiger partial charge in [0.05, 0.1) is 5.56 Å². The molecule has 1 unspecified atom stereocenters. The van der Waals surface area contributed by atoms with Gasteiger partial charge in [0.25, 0.3) is 0 Å². The summed E-state index contributed by atoms with van der Waals surface area (Å²) in [5.74, 6) is -0.0850. The van der Waals surface area contributed by atoms with Gasteiger partial charge in [-0.25, -0.2) is 4.79 Å². The molecule has 116 valence electrons. The zero-order valence-electron chi connectivity index (χ0n) is 11.8. The summed E-state index contributed by atoms with van der Waals surface area (Å²) in [6.07, 6.45) is 2.27. The third-order valence-electron chi connectivity index (χ3n) is 3.85. The second-order valence-corrected chi connectivity index (χ2v) is 5.42. The predicted octanol–water partition coefficient (Wildman–Crippen LogP) is 1.01. The van der Waals surface area contributed by atoms with E-state index >= 15 is 0 Å². The van der Waals surface area contributed by atoms with Crippen molar-refractivity contribution in [1.29, 1.82) is 0 Å². The SMILES string of the molecule is Nc1nc(O)c2c(n1)NCC(CCc1ccc(C(=O)O)[nH]1)C2. The minimum absolute atomic E-state index is 0.0507. The lowest BCUT2D eigenvalue weighted by Crippen LogP contribution is -2.25. The van der Waals surface area contributed by atoms with Crippen LogP contribution in [0.4, 0.5) is 11.8 Å². The molecule has 6 N–H and O–H groups in total. The van der Waals surface area contributed by atoms with E-state index < -0.39 is 5.97 Å². The van der Waals surface area contributed by atoms with Gasteiger partial charge in [-0.15, -0.1) is 0 Å². The Morgan fingerprint density at radius 1 is 1.41 bits per heavy atom. The zero-order chi connectivity index (χ0) is 15.7. The maximum atomic E-state index is 10.8. The van der Waals surface area contributed by atoms with Gasteiger partial charge in [0.15, 0.2) is 0 Å². The van der Waals surface area contributed by atoms with Gasteiger partial charge >= 0.3 is 5.97 Å². The van der Waals surface area contributed by atoms with Crippen molar-refractivity contribution in [2.45, 2.75) is 19.3 Å². The van der Waals surface area contributed by atoms with Crippen LogP contribution in [-0.2, 0) is 12.8 Å². The average molecular weight is 303 g/mol. The number of hydrogen-bond acceptors (Lipinski definition) is 6. The minimum Gasteiger partial charge on any atom is -0.493 e. The fraction of sp³-hybridized carbons (Fsp3) is 0.357. The molecule has 0 spiro atoms. The Labute approximate surface area is 126 Å². The molecule has 1 aliphatic heterocycles. The molecule has 0 aliphatic carbocycles. The number of aromatic hydroxyl groups is 1. The second-order valence-electron chi connectivity index (χ2n) is 5.42. The van der Waals surface area contributed by atoms with Crippen molar-refractivity contribution in [2.75, 3.05) is 17.6 Å². The van der Waals surface area contributed by atoms with Crippen molar-refractivity contribution in [3.05, 3.63) is 29.1 Å². The summed E-state index contributed by atoms with van der Waals surface area (Å²) in [6, 6.07) is 3.35. The average Bonchev–Trinajstić information content (AvgIpc) is 2.94. The van der Waals surface area contributed by atoms with Crippen LogP contribution in [0.15, 0.2) is 12.1 Å². The number of nitrogens with zero attached hydrogens (tertiary/aromatic N) is 2. The molecule has 22 heavy (non-hydrogen) atoms. The Morgan fingerprint density at radius 3 is 2.95 bits per heavy atom. The molecular weight excluding hydrogens is 286 g/mol. The van der Waals surface area contributed by atoms with E-state index in [-0.39, 0.29) is 17.5 Å². The lowest BCUT2D eigenvalue weighted by atomic mass is 9.92. The van der Waals surface area contributed by atoms with Gasteiger partial charge in [0.2, 0.25) is 11.8 Å². The number of aromatic nitrogens is 3. The molecule has 2 aromatic rings. The topological polar surface area (TPSA) is 137 Å². The van der Waals surface area contributed by atoms with E-state index in [1.807, 2.05) is 0 Å². The molecule has 0 amide bonds. The lowest BCUT2D eigenvalue weighted by molar-refractivity contribution is 0.0691. The number of anilines is 2. The molecule has 8 heteroatoms.